The van der Waals surface area contributed by atoms with E-state index in [-0.39, 0.29) is 11.4 Å². The predicted octanol–water partition coefficient (Wildman–Crippen LogP) is 2.33. The van der Waals surface area contributed by atoms with Crippen molar-refractivity contribution in [1.29, 1.82) is 0 Å². The second-order valence-corrected chi connectivity index (χ2v) is 3.83. The van der Waals surface area contributed by atoms with Gasteiger partial charge in [0, 0.05) is 11.8 Å². The fourth-order valence-electron chi connectivity index (χ4n) is 1.43. The van der Waals surface area contributed by atoms with Crippen molar-refractivity contribution in [2.24, 2.45) is 5.41 Å². The van der Waals surface area contributed by atoms with Crippen molar-refractivity contribution in [3.63, 3.8) is 0 Å². The highest BCUT2D eigenvalue weighted by atomic mass is 16.5. The van der Waals surface area contributed by atoms with E-state index in [0.717, 1.165) is 19.1 Å². The second-order valence-electron chi connectivity index (χ2n) is 3.83. The van der Waals surface area contributed by atoms with Gasteiger partial charge in [-0.05, 0) is 19.8 Å². The quantitative estimate of drug-likeness (QED) is 0.468. The molecule has 0 saturated heterocycles. The summed E-state index contributed by atoms with van der Waals surface area (Å²) in [6.07, 6.45) is 3.66. The smallest absolute Gasteiger partial charge is 0.305 e. The molecular formula is C11H20O3. The predicted molar refractivity (Wildman–Crippen MR) is 54.9 cm³/mol. The molecule has 0 aliphatic heterocycles. The molecule has 3 heteroatoms. The zero-order valence-electron chi connectivity index (χ0n) is 9.34. The molecule has 0 radical (unpaired) electrons. The summed E-state index contributed by atoms with van der Waals surface area (Å²) in [6.45, 7) is 6.11. The molecule has 0 saturated carbocycles. The zero-order chi connectivity index (χ0) is 11.0. The van der Waals surface area contributed by atoms with Crippen LogP contribution in [0.3, 0.4) is 0 Å². The Morgan fingerprint density at radius 1 is 1.36 bits per heavy atom. The molecule has 0 aliphatic carbocycles. The van der Waals surface area contributed by atoms with Crippen molar-refractivity contribution in [1.82, 2.24) is 0 Å². The van der Waals surface area contributed by atoms with E-state index < -0.39 is 0 Å². The first kappa shape index (κ1) is 13.1. The van der Waals surface area contributed by atoms with E-state index in [4.69, 9.17) is 4.74 Å². The highest BCUT2D eigenvalue weighted by Gasteiger charge is 2.23. The number of carbonyl (C=O) groups excluding carboxylic acids is 2. The van der Waals surface area contributed by atoms with Gasteiger partial charge in [-0.1, -0.05) is 20.3 Å². The average Bonchev–Trinajstić information content (AvgIpc) is 2.16. The molecule has 0 heterocycles. The Morgan fingerprint density at radius 2 is 2.00 bits per heavy atom. The van der Waals surface area contributed by atoms with Crippen molar-refractivity contribution >= 4 is 12.3 Å². The van der Waals surface area contributed by atoms with Gasteiger partial charge < -0.3 is 9.53 Å². The van der Waals surface area contributed by atoms with Gasteiger partial charge in [-0.25, -0.2) is 0 Å². The van der Waals surface area contributed by atoms with E-state index in [0.29, 0.717) is 19.4 Å². The van der Waals surface area contributed by atoms with Gasteiger partial charge in [-0.15, -0.1) is 0 Å². The summed E-state index contributed by atoms with van der Waals surface area (Å²) in [5, 5.41) is 0. The normalized spacial score (nSPS) is 14.5. The van der Waals surface area contributed by atoms with Crippen molar-refractivity contribution in [2.45, 2.75) is 46.5 Å². The molecule has 0 aromatic heterocycles. The monoisotopic (exact) mass is 200 g/mol. The molecular weight excluding hydrogens is 180 g/mol. The van der Waals surface area contributed by atoms with Gasteiger partial charge >= 0.3 is 5.97 Å². The Hall–Kier alpha value is -0.860. The van der Waals surface area contributed by atoms with E-state index in [1.54, 1.807) is 6.92 Å². The molecule has 3 nitrogen and oxygen atoms in total. The van der Waals surface area contributed by atoms with Crippen LogP contribution < -0.4 is 0 Å². The molecule has 82 valence electrons. The van der Waals surface area contributed by atoms with Gasteiger partial charge in [-0.2, -0.15) is 0 Å². The van der Waals surface area contributed by atoms with Gasteiger partial charge in [0.05, 0.1) is 6.61 Å². The summed E-state index contributed by atoms with van der Waals surface area (Å²) in [4.78, 5) is 21.9. The number of esters is 1. The minimum atomic E-state index is -0.360. The summed E-state index contributed by atoms with van der Waals surface area (Å²) < 4.78 is 4.81. The van der Waals surface area contributed by atoms with Crippen LogP contribution in [0.1, 0.15) is 46.5 Å². The van der Waals surface area contributed by atoms with Crippen LogP contribution in [-0.2, 0) is 14.3 Å². The van der Waals surface area contributed by atoms with Crippen LogP contribution in [0, 0.1) is 5.41 Å². The SMILES string of the molecule is CCCC(C)(C=O)CCC(=O)OCC. The van der Waals surface area contributed by atoms with Crippen LogP contribution in [0.15, 0.2) is 0 Å². The lowest BCUT2D eigenvalue weighted by molar-refractivity contribution is -0.143. The Kier molecular flexibility index (Phi) is 6.17. The molecule has 0 amide bonds. The molecule has 0 aliphatic rings. The molecule has 0 rings (SSSR count). The Bertz CT molecular complexity index is 189. The molecule has 0 spiro atoms. The van der Waals surface area contributed by atoms with Crippen LogP contribution in [0.2, 0.25) is 0 Å². The maximum absolute atomic E-state index is 11.1. The number of aldehydes is 1. The molecule has 0 fully saturated rings. The second kappa shape index (κ2) is 6.57. The molecule has 1 atom stereocenters. The largest absolute Gasteiger partial charge is 0.466 e. The molecule has 1 unspecified atom stereocenters. The van der Waals surface area contributed by atoms with Crippen LogP contribution in [0.25, 0.3) is 0 Å². The van der Waals surface area contributed by atoms with Gasteiger partial charge in [0.2, 0.25) is 0 Å². The zero-order valence-corrected chi connectivity index (χ0v) is 9.34. The van der Waals surface area contributed by atoms with Gasteiger partial charge in [0.1, 0.15) is 6.29 Å². The third kappa shape index (κ3) is 5.00. The van der Waals surface area contributed by atoms with Crippen molar-refractivity contribution in [3.05, 3.63) is 0 Å². The maximum atomic E-state index is 11.1. The third-order valence-electron chi connectivity index (χ3n) is 2.31. The van der Waals surface area contributed by atoms with Gasteiger partial charge in [0.15, 0.2) is 0 Å². The lowest BCUT2D eigenvalue weighted by Crippen LogP contribution is -2.20. The van der Waals surface area contributed by atoms with E-state index >= 15 is 0 Å². The molecule has 0 bridgehead atoms. The third-order valence-corrected chi connectivity index (χ3v) is 2.31. The number of rotatable bonds is 7. The fraction of sp³-hybridized carbons (Fsp3) is 0.818. The van der Waals surface area contributed by atoms with E-state index in [2.05, 4.69) is 0 Å². The Balaban J connectivity index is 3.94. The topological polar surface area (TPSA) is 43.4 Å². The number of ether oxygens (including phenoxy) is 1. The Labute approximate surface area is 85.8 Å². The fourth-order valence-corrected chi connectivity index (χ4v) is 1.43. The minimum absolute atomic E-state index is 0.211. The molecule has 0 aromatic carbocycles. The first-order valence-electron chi connectivity index (χ1n) is 5.20. The summed E-state index contributed by atoms with van der Waals surface area (Å²) in [5.41, 5.74) is -0.360. The van der Waals surface area contributed by atoms with Crippen LogP contribution >= 0.6 is 0 Å². The van der Waals surface area contributed by atoms with Crippen LogP contribution in [-0.4, -0.2) is 18.9 Å². The first-order valence-corrected chi connectivity index (χ1v) is 5.20. The van der Waals surface area contributed by atoms with Crippen molar-refractivity contribution in [2.75, 3.05) is 6.61 Å². The molecule has 14 heavy (non-hydrogen) atoms. The molecule has 0 N–H and O–H groups in total. The van der Waals surface area contributed by atoms with Crippen molar-refractivity contribution < 1.29 is 14.3 Å². The lowest BCUT2D eigenvalue weighted by Gasteiger charge is -2.21. The van der Waals surface area contributed by atoms with Crippen LogP contribution in [0.5, 0.6) is 0 Å². The summed E-state index contributed by atoms with van der Waals surface area (Å²) in [6, 6.07) is 0. The molecule has 0 aromatic rings. The number of carbonyl (C=O) groups is 2. The highest BCUT2D eigenvalue weighted by Crippen LogP contribution is 2.26. The maximum Gasteiger partial charge on any atom is 0.305 e. The van der Waals surface area contributed by atoms with Crippen LogP contribution in [0.4, 0.5) is 0 Å². The van der Waals surface area contributed by atoms with Crippen molar-refractivity contribution in [3.8, 4) is 0 Å². The average molecular weight is 200 g/mol. The summed E-state index contributed by atoms with van der Waals surface area (Å²) >= 11 is 0. The Morgan fingerprint density at radius 3 is 2.43 bits per heavy atom. The minimum Gasteiger partial charge on any atom is -0.466 e. The highest BCUT2D eigenvalue weighted by molar-refractivity contribution is 5.70. The standard InChI is InChI=1S/C11H20O3/c1-4-7-11(3,9-12)8-6-10(13)14-5-2/h9H,4-8H2,1-3H3. The summed E-state index contributed by atoms with van der Waals surface area (Å²) in [7, 11) is 0. The van der Waals surface area contributed by atoms with Gasteiger partial charge in [0.25, 0.3) is 0 Å². The van der Waals surface area contributed by atoms with Gasteiger partial charge in [-0.3, -0.25) is 4.79 Å². The number of hydrogen-bond donors (Lipinski definition) is 0. The first-order chi connectivity index (χ1) is 6.58. The number of hydrogen-bond acceptors (Lipinski definition) is 3. The van der Waals surface area contributed by atoms with E-state index in [1.807, 2.05) is 13.8 Å². The van der Waals surface area contributed by atoms with E-state index in [9.17, 15) is 9.59 Å². The van der Waals surface area contributed by atoms with E-state index in [1.165, 1.54) is 0 Å². The lowest BCUT2D eigenvalue weighted by atomic mass is 9.83. The summed E-state index contributed by atoms with van der Waals surface area (Å²) in [5.74, 6) is -0.211.